The second-order valence-corrected chi connectivity index (χ2v) is 6.03. The normalized spacial score (nSPS) is 26.1. The highest BCUT2D eigenvalue weighted by Gasteiger charge is 2.29. The molecule has 0 bridgehead atoms. The van der Waals surface area contributed by atoms with Crippen LogP contribution in [0.5, 0.6) is 0 Å². The largest absolute Gasteiger partial charge is 0.315 e. The van der Waals surface area contributed by atoms with Crippen molar-refractivity contribution >= 4 is 0 Å². The fourth-order valence-electron chi connectivity index (χ4n) is 3.53. The van der Waals surface area contributed by atoms with Crippen LogP contribution in [0.4, 0.5) is 8.78 Å². The summed E-state index contributed by atoms with van der Waals surface area (Å²) in [5, 5.41) is 3.39. The van der Waals surface area contributed by atoms with Crippen LogP contribution < -0.4 is 5.32 Å². The first-order chi connectivity index (χ1) is 10.2. The summed E-state index contributed by atoms with van der Waals surface area (Å²) in [5.74, 6) is -0.880. The molecular formula is C16H23F2N3. The minimum atomic E-state index is -0.440. The van der Waals surface area contributed by atoms with Gasteiger partial charge >= 0.3 is 0 Å². The van der Waals surface area contributed by atoms with Crippen molar-refractivity contribution in [1.29, 1.82) is 0 Å². The highest BCUT2D eigenvalue weighted by Crippen LogP contribution is 2.27. The van der Waals surface area contributed by atoms with E-state index in [1.807, 2.05) is 6.92 Å². The molecule has 1 N–H and O–H groups in total. The number of hydrogen-bond donors (Lipinski definition) is 1. The van der Waals surface area contributed by atoms with E-state index in [0.29, 0.717) is 6.04 Å². The molecule has 2 saturated heterocycles. The Bertz CT molecular complexity index is 460. The molecule has 0 amide bonds. The minimum Gasteiger partial charge on any atom is -0.315 e. The quantitative estimate of drug-likeness (QED) is 0.920. The summed E-state index contributed by atoms with van der Waals surface area (Å²) in [4.78, 5) is 4.68. The lowest BCUT2D eigenvalue weighted by atomic mass is 10.0. The molecule has 2 fully saturated rings. The minimum absolute atomic E-state index is 0.202. The van der Waals surface area contributed by atoms with Crippen molar-refractivity contribution < 1.29 is 8.78 Å². The highest BCUT2D eigenvalue weighted by atomic mass is 19.1. The summed E-state index contributed by atoms with van der Waals surface area (Å²) in [6.07, 6.45) is 1.21. The zero-order valence-corrected chi connectivity index (χ0v) is 12.5. The smallest absolute Gasteiger partial charge is 0.130 e. The molecule has 0 radical (unpaired) electrons. The molecule has 0 spiro atoms. The molecule has 5 heteroatoms. The van der Waals surface area contributed by atoms with Gasteiger partial charge in [0.15, 0.2) is 0 Å². The molecule has 3 rings (SSSR count). The van der Waals surface area contributed by atoms with Crippen LogP contribution in [0.25, 0.3) is 0 Å². The van der Waals surface area contributed by atoms with E-state index in [9.17, 15) is 8.78 Å². The second-order valence-electron chi connectivity index (χ2n) is 6.03. The third kappa shape index (κ3) is 3.10. The summed E-state index contributed by atoms with van der Waals surface area (Å²) in [6, 6.07) is 4.53. The first-order valence-electron chi connectivity index (χ1n) is 7.79. The van der Waals surface area contributed by atoms with E-state index in [2.05, 4.69) is 15.1 Å². The molecule has 116 valence electrons. The number of benzene rings is 1. The van der Waals surface area contributed by atoms with Crippen molar-refractivity contribution in [2.45, 2.75) is 25.4 Å². The molecule has 2 aliphatic heterocycles. The molecule has 21 heavy (non-hydrogen) atoms. The van der Waals surface area contributed by atoms with Crippen LogP contribution >= 0.6 is 0 Å². The van der Waals surface area contributed by atoms with Crippen molar-refractivity contribution in [2.75, 3.05) is 39.3 Å². The zero-order chi connectivity index (χ0) is 14.8. The first-order valence-corrected chi connectivity index (χ1v) is 7.79. The van der Waals surface area contributed by atoms with E-state index in [0.717, 1.165) is 39.3 Å². The summed E-state index contributed by atoms with van der Waals surface area (Å²) in [5.41, 5.74) is 0.202. The lowest BCUT2D eigenvalue weighted by Crippen LogP contribution is -2.51. The summed E-state index contributed by atoms with van der Waals surface area (Å²) in [6.45, 7) is 7.75. The molecule has 2 heterocycles. The van der Waals surface area contributed by atoms with Crippen molar-refractivity contribution in [3.8, 4) is 0 Å². The Morgan fingerprint density at radius 3 is 2.38 bits per heavy atom. The standard InChI is InChI=1S/C16H23F2N3/c1-12(16-14(17)3-2-4-15(16)18)20-7-9-21(10-8-20)13-5-6-19-11-13/h2-4,12-13,19H,5-11H2,1H3. The van der Waals surface area contributed by atoms with Gasteiger partial charge in [0.1, 0.15) is 11.6 Å². The molecule has 1 aromatic rings. The average molecular weight is 295 g/mol. The predicted molar refractivity (Wildman–Crippen MR) is 79.2 cm³/mol. The van der Waals surface area contributed by atoms with E-state index < -0.39 is 11.6 Å². The van der Waals surface area contributed by atoms with Crippen LogP contribution in [0.15, 0.2) is 18.2 Å². The van der Waals surface area contributed by atoms with Crippen molar-refractivity contribution in [3.05, 3.63) is 35.4 Å². The van der Waals surface area contributed by atoms with Gasteiger partial charge in [-0.05, 0) is 32.0 Å². The van der Waals surface area contributed by atoms with Crippen LogP contribution in [-0.2, 0) is 0 Å². The molecular weight excluding hydrogens is 272 g/mol. The molecule has 2 aliphatic rings. The number of rotatable bonds is 3. The van der Waals surface area contributed by atoms with E-state index >= 15 is 0 Å². The van der Waals surface area contributed by atoms with Crippen molar-refractivity contribution in [2.24, 2.45) is 0 Å². The lowest BCUT2D eigenvalue weighted by molar-refractivity contribution is 0.0765. The number of nitrogens with zero attached hydrogens (tertiary/aromatic N) is 2. The topological polar surface area (TPSA) is 18.5 Å². The maximum atomic E-state index is 13.9. The Morgan fingerprint density at radius 2 is 1.81 bits per heavy atom. The molecule has 0 aromatic heterocycles. The number of piperazine rings is 1. The van der Waals surface area contributed by atoms with Gasteiger partial charge in [-0.3, -0.25) is 9.80 Å². The first kappa shape index (κ1) is 14.9. The van der Waals surface area contributed by atoms with Gasteiger partial charge in [0, 0.05) is 50.4 Å². The Morgan fingerprint density at radius 1 is 1.14 bits per heavy atom. The zero-order valence-electron chi connectivity index (χ0n) is 12.5. The SMILES string of the molecule is CC(c1c(F)cccc1F)N1CCN(C2CCNC2)CC1. The van der Waals surface area contributed by atoms with Crippen molar-refractivity contribution in [1.82, 2.24) is 15.1 Å². The second kappa shape index (κ2) is 6.38. The van der Waals surface area contributed by atoms with Gasteiger partial charge < -0.3 is 5.32 Å². The number of hydrogen-bond acceptors (Lipinski definition) is 3. The van der Waals surface area contributed by atoms with Gasteiger partial charge in [-0.25, -0.2) is 8.78 Å². The van der Waals surface area contributed by atoms with Crippen LogP contribution in [0.1, 0.15) is 24.9 Å². The van der Waals surface area contributed by atoms with Gasteiger partial charge in [-0.1, -0.05) is 6.07 Å². The third-order valence-electron chi connectivity index (χ3n) is 4.86. The monoisotopic (exact) mass is 295 g/mol. The average Bonchev–Trinajstić information content (AvgIpc) is 3.01. The van der Waals surface area contributed by atoms with Crippen LogP contribution in [0, 0.1) is 11.6 Å². The van der Waals surface area contributed by atoms with Crippen LogP contribution in [0.2, 0.25) is 0 Å². The van der Waals surface area contributed by atoms with Crippen molar-refractivity contribution in [3.63, 3.8) is 0 Å². The number of halogens is 2. The lowest BCUT2D eigenvalue weighted by Gasteiger charge is -2.40. The summed E-state index contributed by atoms with van der Waals surface area (Å²) >= 11 is 0. The Labute approximate surface area is 124 Å². The van der Waals surface area contributed by atoms with Gasteiger partial charge in [0.2, 0.25) is 0 Å². The Balaban J connectivity index is 1.63. The van der Waals surface area contributed by atoms with Gasteiger partial charge in [-0.15, -0.1) is 0 Å². The maximum Gasteiger partial charge on any atom is 0.130 e. The van der Waals surface area contributed by atoms with E-state index in [1.54, 1.807) is 0 Å². The highest BCUT2D eigenvalue weighted by molar-refractivity contribution is 5.23. The van der Waals surface area contributed by atoms with Gasteiger partial charge in [0.25, 0.3) is 0 Å². The Hall–Kier alpha value is -1.04. The summed E-state index contributed by atoms with van der Waals surface area (Å²) in [7, 11) is 0. The molecule has 1 aromatic carbocycles. The Kier molecular flexibility index (Phi) is 4.52. The third-order valence-corrected chi connectivity index (χ3v) is 4.86. The fourth-order valence-corrected chi connectivity index (χ4v) is 3.53. The van der Waals surface area contributed by atoms with E-state index in [4.69, 9.17) is 0 Å². The summed E-state index contributed by atoms with van der Waals surface area (Å²) < 4.78 is 27.8. The van der Waals surface area contributed by atoms with Crippen LogP contribution in [0.3, 0.4) is 0 Å². The predicted octanol–water partition coefficient (Wildman–Crippen LogP) is 2.01. The molecule has 3 nitrogen and oxygen atoms in total. The maximum absolute atomic E-state index is 13.9. The van der Waals surface area contributed by atoms with E-state index in [-0.39, 0.29) is 11.6 Å². The van der Waals surface area contributed by atoms with Crippen LogP contribution in [-0.4, -0.2) is 55.1 Å². The van der Waals surface area contributed by atoms with E-state index in [1.165, 1.54) is 24.6 Å². The molecule has 2 unspecified atom stereocenters. The van der Waals surface area contributed by atoms with Gasteiger partial charge in [0.05, 0.1) is 0 Å². The number of nitrogens with one attached hydrogen (secondary N) is 1. The molecule has 0 aliphatic carbocycles. The van der Waals surface area contributed by atoms with Gasteiger partial charge in [-0.2, -0.15) is 0 Å². The molecule has 2 atom stereocenters. The molecule has 0 saturated carbocycles. The fraction of sp³-hybridized carbons (Fsp3) is 0.625.